The molecular weight excluding hydrogens is 544 g/mol. The van der Waals surface area contributed by atoms with Crippen LogP contribution >= 0.6 is 0 Å². The summed E-state index contributed by atoms with van der Waals surface area (Å²) in [6, 6.07) is 16.1. The van der Waals surface area contributed by atoms with E-state index >= 15 is 0 Å². The van der Waals surface area contributed by atoms with E-state index in [1.165, 1.54) is 39.6 Å². The molecule has 2 aliphatic heterocycles. The van der Waals surface area contributed by atoms with Crippen LogP contribution in [0, 0.1) is 13.8 Å². The number of rotatable bonds is 10. The number of carbonyl (C=O) groups is 1. The number of benzene rings is 2. The summed E-state index contributed by atoms with van der Waals surface area (Å²) >= 11 is 0. The van der Waals surface area contributed by atoms with E-state index in [4.69, 9.17) is 19.2 Å². The molecule has 0 aliphatic carbocycles. The number of carboxylic acids is 1. The maximum absolute atomic E-state index is 11.7. The highest BCUT2D eigenvalue weighted by atomic mass is 16.5. The topological polar surface area (TPSA) is 98.9 Å². The standard InChI is InChI=1S/C34H38N4O5/c1-4-41-33-29(34(39)40)19-35-38(33)31-10-6-9-30(36-31)28-8-5-7-22(2)32(28)43-21-25-12-11-24-13-16-37(20-26-15-18-42-26)17-14-27(24)23(25)3/h5-12,19,26H,4,13-18,20-21H2,1-3H3,(H,39,40). The number of nitrogens with zero attached hydrogens (tertiary/aromatic N) is 4. The Labute approximate surface area is 252 Å². The van der Waals surface area contributed by atoms with E-state index in [2.05, 4.69) is 29.1 Å². The average molecular weight is 583 g/mol. The van der Waals surface area contributed by atoms with E-state index in [1.54, 1.807) is 13.0 Å². The van der Waals surface area contributed by atoms with Crippen LogP contribution in [0.5, 0.6) is 11.6 Å². The summed E-state index contributed by atoms with van der Waals surface area (Å²) in [7, 11) is 0. The second kappa shape index (κ2) is 12.6. The molecule has 6 rings (SSSR count). The van der Waals surface area contributed by atoms with E-state index in [-0.39, 0.29) is 11.4 Å². The molecule has 1 unspecified atom stereocenters. The lowest BCUT2D eigenvalue weighted by Crippen LogP contribution is -2.41. The van der Waals surface area contributed by atoms with Crippen molar-refractivity contribution in [1.29, 1.82) is 0 Å². The molecule has 1 atom stereocenters. The van der Waals surface area contributed by atoms with Crippen LogP contribution in [-0.4, -0.2) is 69.7 Å². The number of hydrogen-bond acceptors (Lipinski definition) is 7. The van der Waals surface area contributed by atoms with Crippen LogP contribution in [0.4, 0.5) is 0 Å². The molecule has 4 aromatic rings. The Hall–Kier alpha value is -4.21. The van der Waals surface area contributed by atoms with Gasteiger partial charge < -0.3 is 24.2 Å². The van der Waals surface area contributed by atoms with Crippen LogP contribution in [0.1, 0.15) is 51.5 Å². The SMILES string of the molecule is CCOc1c(C(=O)O)cnn1-c1cccc(-c2cccc(C)c2OCc2ccc3c(c2C)CCN(CC2CCO2)CC3)n1. The van der Waals surface area contributed by atoms with Gasteiger partial charge in [0.25, 0.3) is 0 Å². The maximum atomic E-state index is 11.7. The van der Waals surface area contributed by atoms with Gasteiger partial charge in [-0.2, -0.15) is 9.78 Å². The minimum Gasteiger partial charge on any atom is -0.488 e. The number of carboxylic acid groups (broad SMARTS) is 1. The first-order chi connectivity index (χ1) is 20.9. The lowest BCUT2D eigenvalue weighted by Gasteiger charge is -2.32. The normalized spacial score (nSPS) is 16.7. The van der Waals surface area contributed by atoms with Gasteiger partial charge in [0, 0.05) is 31.8 Å². The Morgan fingerprint density at radius 1 is 1.07 bits per heavy atom. The zero-order valence-corrected chi connectivity index (χ0v) is 25.0. The fourth-order valence-corrected chi connectivity index (χ4v) is 5.97. The van der Waals surface area contributed by atoms with Crippen LogP contribution in [0.2, 0.25) is 0 Å². The van der Waals surface area contributed by atoms with E-state index in [1.807, 2.05) is 37.3 Å². The molecule has 2 aromatic heterocycles. The van der Waals surface area contributed by atoms with Crippen molar-refractivity contribution in [1.82, 2.24) is 19.7 Å². The van der Waals surface area contributed by atoms with Crippen molar-refractivity contribution in [2.75, 3.05) is 32.8 Å². The van der Waals surface area contributed by atoms with Crippen LogP contribution in [-0.2, 0) is 24.2 Å². The monoisotopic (exact) mass is 582 g/mol. The maximum Gasteiger partial charge on any atom is 0.342 e. The molecule has 1 saturated heterocycles. The molecule has 9 nitrogen and oxygen atoms in total. The number of ether oxygens (including phenoxy) is 3. The number of para-hydroxylation sites is 1. The van der Waals surface area contributed by atoms with Crippen LogP contribution in [0.15, 0.2) is 54.7 Å². The molecule has 0 amide bonds. The van der Waals surface area contributed by atoms with Gasteiger partial charge in [0.2, 0.25) is 5.88 Å². The molecule has 1 fully saturated rings. The van der Waals surface area contributed by atoms with Crippen LogP contribution in [0.3, 0.4) is 0 Å². The number of aromatic nitrogens is 3. The fourth-order valence-electron chi connectivity index (χ4n) is 5.97. The van der Waals surface area contributed by atoms with E-state index in [0.29, 0.717) is 30.8 Å². The van der Waals surface area contributed by atoms with Gasteiger partial charge in [-0.15, -0.1) is 0 Å². The lowest BCUT2D eigenvalue weighted by atomic mass is 9.94. The Bertz CT molecular complexity index is 1630. The summed E-state index contributed by atoms with van der Waals surface area (Å²) in [5.74, 6) is 0.276. The van der Waals surface area contributed by atoms with E-state index in [9.17, 15) is 9.90 Å². The largest absolute Gasteiger partial charge is 0.488 e. The predicted molar refractivity (Wildman–Crippen MR) is 163 cm³/mol. The number of fused-ring (bicyclic) bond motifs is 1. The molecule has 1 N–H and O–H groups in total. The molecule has 9 heteroatoms. The van der Waals surface area contributed by atoms with Crippen molar-refractivity contribution >= 4 is 5.97 Å². The average Bonchev–Trinajstić information content (AvgIpc) is 3.29. The van der Waals surface area contributed by atoms with Crippen molar-refractivity contribution in [3.8, 4) is 28.7 Å². The summed E-state index contributed by atoms with van der Waals surface area (Å²) in [6.45, 7) is 10.9. The molecule has 224 valence electrons. The van der Waals surface area contributed by atoms with Gasteiger partial charge in [-0.3, -0.25) is 0 Å². The quantitative estimate of drug-likeness (QED) is 0.265. The fraction of sp³-hybridized carbons (Fsp3) is 0.382. The minimum absolute atomic E-state index is 0.00941. The van der Waals surface area contributed by atoms with Crippen molar-refractivity contribution < 1.29 is 24.1 Å². The zero-order valence-electron chi connectivity index (χ0n) is 25.0. The molecule has 4 heterocycles. The number of pyridine rings is 1. The van der Waals surface area contributed by atoms with Crippen molar-refractivity contribution in [2.24, 2.45) is 0 Å². The molecular formula is C34H38N4O5. The predicted octanol–water partition coefficient (Wildman–Crippen LogP) is 5.42. The van der Waals surface area contributed by atoms with Gasteiger partial charge >= 0.3 is 5.97 Å². The molecule has 2 aromatic carbocycles. The van der Waals surface area contributed by atoms with Gasteiger partial charge in [-0.25, -0.2) is 9.78 Å². The smallest absolute Gasteiger partial charge is 0.342 e. The third kappa shape index (κ3) is 6.00. The number of aryl methyl sites for hydroxylation is 1. The summed E-state index contributed by atoms with van der Waals surface area (Å²) in [6.07, 6.45) is 4.95. The van der Waals surface area contributed by atoms with Gasteiger partial charge in [-0.05, 0) is 86.1 Å². The highest BCUT2D eigenvalue weighted by Gasteiger charge is 2.24. The van der Waals surface area contributed by atoms with Crippen molar-refractivity contribution in [2.45, 2.75) is 52.7 Å². The molecule has 43 heavy (non-hydrogen) atoms. The van der Waals surface area contributed by atoms with Gasteiger partial charge in [0.15, 0.2) is 5.82 Å². The first-order valence-electron chi connectivity index (χ1n) is 15.0. The number of aromatic carboxylic acids is 1. The minimum atomic E-state index is -1.10. The van der Waals surface area contributed by atoms with E-state index < -0.39 is 5.97 Å². The summed E-state index contributed by atoms with van der Waals surface area (Å²) in [5, 5.41) is 13.8. The second-order valence-electron chi connectivity index (χ2n) is 11.2. The van der Waals surface area contributed by atoms with Gasteiger partial charge in [-0.1, -0.05) is 30.3 Å². The lowest BCUT2D eigenvalue weighted by molar-refractivity contribution is -0.0661. The molecule has 0 saturated carbocycles. The zero-order chi connectivity index (χ0) is 29.9. The number of hydrogen-bond donors (Lipinski definition) is 1. The Morgan fingerprint density at radius 2 is 1.88 bits per heavy atom. The third-order valence-electron chi connectivity index (χ3n) is 8.49. The first kappa shape index (κ1) is 28.9. The molecule has 0 bridgehead atoms. The van der Waals surface area contributed by atoms with Crippen LogP contribution in [0.25, 0.3) is 17.1 Å². The summed E-state index contributed by atoms with van der Waals surface area (Å²) in [5.41, 5.74) is 7.93. The summed E-state index contributed by atoms with van der Waals surface area (Å²) < 4.78 is 19.3. The van der Waals surface area contributed by atoms with Crippen molar-refractivity contribution in [3.63, 3.8) is 0 Å². The highest BCUT2D eigenvalue weighted by Crippen LogP contribution is 2.34. The van der Waals surface area contributed by atoms with Crippen molar-refractivity contribution in [3.05, 3.63) is 88.1 Å². The summed E-state index contributed by atoms with van der Waals surface area (Å²) in [4.78, 5) is 19.1. The van der Waals surface area contributed by atoms with Gasteiger partial charge in [0.05, 0.1) is 24.6 Å². The first-order valence-corrected chi connectivity index (χ1v) is 15.0. The van der Waals surface area contributed by atoms with Crippen LogP contribution < -0.4 is 9.47 Å². The van der Waals surface area contributed by atoms with Gasteiger partial charge in [0.1, 0.15) is 17.9 Å². The van der Waals surface area contributed by atoms with E-state index in [0.717, 1.165) is 56.0 Å². The second-order valence-corrected chi connectivity index (χ2v) is 11.2. The third-order valence-corrected chi connectivity index (χ3v) is 8.49. The molecule has 2 aliphatic rings. The highest BCUT2D eigenvalue weighted by molar-refractivity contribution is 5.90. The molecule has 0 spiro atoms. The molecule has 0 radical (unpaired) electrons. The Kier molecular flexibility index (Phi) is 8.44. The Morgan fingerprint density at radius 3 is 2.65 bits per heavy atom. The Balaban J connectivity index is 1.24.